The van der Waals surface area contributed by atoms with Crippen LogP contribution in [0.3, 0.4) is 0 Å². The van der Waals surface area contributed by atoms with Gasteiger partial charge in [-0.25, -0.2) is 9.67 Å². The largest absolute Gasteiger partial charge is 0.457 e. The van der Waals surface area contributed by atoms with Crippen LogP contribution in [0.2, 0.25) is 0 Å². The summed E-state index contributed by atoms with van der Waals surface area (Å²) < 4.78 is 11.0. The Morgan fingerprint density at radius 1 is 0.673 bits per heavy atom. The van der Waals surface area contributed by atoms with Crippen molar-refractivity contribution in [2.24, 2.45) is 11.8 Å². The van der Waals surface area contributed by atoms with Crippen LogP contribution in [0.1, 0.15) is 61.1 Å². The number of pyridine rings is 1. The first-order valence-electron chi connectivity index (χ1n) is 17.5. The molecule has 0 fully saturated rings. The minimum Gasteiger partial charge on any atom is -0.457 e. The van der Waals surface area contributed by atoms with Gasteiger partial charge in [-0.15, -0.1) is 0 Å². The normalized spacial score (nSPS) is 11.8. The Morgan fingerprint density at radius 3 is 2.14 bits per heavy atom. The van der Waals surface area contributed by atoms with Crippen molar-refractivity contribution in [1.29, 1.82) is 0 Å². The molecule has 0 saturated carbocycles. The summed E-state index contributed by atoms with van der Waals surface area (Å²) in [6.07, 6.45) is 8.02. The van der Waals surface area contributed by atoms with Gasteiger partial charge in [0.2, 0.25) is 0 Å². The van der Waals surface area contributed by atoms with Gasteiger partial charge in [-0.3, -0.25) is 4.57 Å². The van der Waals surface area contributed by atoms with E-state index in [1.54, 1.807) is 0 Å². The smallest absolute Gasteiger partial charge is 0.137 e. The molecule has 0 amide bonds. The molecule has 0 aliphatic heterocycles. The van der Waals surface area contributed by atoms with E-state index in [4.69, 9.17) is 14.8 Å². The van der Waals surface area contributed by atoms with E-state index in [1.165, 1.54) is 49.7 Å². The molecule has 49 heavy (non-hydrogen) atoms. The number of para-hydroxylation sites is 1. The van der Waals surface area contributed by atoms with Crippen LogP contribution in [-0.4, -0.2) is 19.3 Å². The fourth-order valence-electron chi connectivity index (χ4n) is 7.24. The number of aromatic nitrogens is 4. The number of ether oxygens (including phenoxy) is 1. The summed E-state index contributed by atoms with van der Waals surface area (Å²) in [7, 11) is 0. The number of rotatable bonds is 9. The zero-order valence-corrected chi connectivity index (χ0v) is 30.0. The number of hydrogen-bond donors (Lipinski definition) is 0. The van der Waals surface area contributed by atoms with Crippen molar-refractivity contribution in [3.8, 4) is 34.1 Å². The van der Waals surface area contributed by atoms with Crippen LogP contribution in [0.25, 0.3) is 44.4 Å². The molecule has 5 nitrogen and oxygen atoms in total. The summed E-state index contributed by atoms with van der Waals surface area (Å²) >= 11 is 0. The lowest BCUT2D eigenvalue weighted by Crippen LogP contribution is -2.01. The van der Waals surface area contributed by atoms with Gasteiger partial charge in [0.15, 0.2) is 0 Å². The topological polar surface area (TPSA) is 44.9 Å². The first kappa shape index (κ1) is 32.4. The van der Waals surface area contributed by atoms with Crippen molar-refractivity contribution >= 4 is 21.8 Å². The van der Waals surface area contributed by atoms with E-state index in [2.05, 4.69) is 145 Å². The van der Waals surface area contributed by atoms with Crippen LogP contribution in [0.4, 0.5) is 0 Å². The Balaban J connectivity index is 1.30. The third-order valence-electron chi connectivity index (χ3n) is 9.66. The maximum absolute atomic E-state index is 6.72. The van der Waals surface area contributed by atoms with Gasteiger partial charge >= 0.3 is 0 Å². The van der Waals surface area contributed by atoms with Gasteiger partial charge in [-0.2, -0.15) is 5.10 Å². The van der Waals surface area contributed by atoms with Crippen LogP contribution in [-0.2, 0) is 12.8 Å². The molecule has 0 unspecified atom stereocenters. The molecule has 0 saturated heterocycles. The van der Waals surface area contributed by atoms with Crippen LogP contribution < -0.4 is 4.74 Å². The summed E-state index contributed by atoms with van der Waals surface area (Å²) in [5.41, 5.74) is 13.3. The number of fused-ring (bicyclic) bond motifs is 3. The second-order valence-electron chi connectivity index (χ2n) is 14.5. The highest BCUT2D eigenvalue weighted by molar-refractivity contribution is 6.09. The van der Waals surface area contributed by atoms with Gasteiger partial charge < -0.3 is 4.74 Å². The van der Waals surface area contributed by atoms with Gasteiger partial charge in [0.25, 0.3) is 0 Å². The van der Waals surface area contributed by atoms with Gasteiger partial charge in [0.05, 0.1) is 22.9 Å². The summed E-state index contributed by atoms with van der Waals surface area (Å²) in [5.74, 6) is 3.57. The first-order valence-corrected chi connectivity index (χ1v) is 17.5. The quantitative estimate of drug-likeness (QED) is 0.157. The Bertz CT molecular complexity index is 2290. The van der Waals surface area contributed by atoms with Crippen molar-refractivity contribution in [3.05, 3.63) is 131 Å². The zero-order valence-electron chi connectivity index (χ0n) is 30.0. The highest BCUT2D eigenvalue weighted by Crippen LogP contribution is 2.37. The van der Waals surface area contributed by atoms with Crippen LogP contribution in [0.5, 0.6) is 11.5 Å². The molecule has 0 bridgehead atoms. The lowest BCUT2D eigenvalue weighted by molar-refractivity contribution is 0.481. The van der Waals surface area contributed by atoms with Crippen molar-refractivity contribution in [2.45, 2.75) is 68.2 Å². The van der Waals surface area contributed by atoms with Gasteiger partial charge in [-0.05, 0) is 134 Å². The summed E-state index contributed by atoms with van der Waals surface area (Å²) in [5, 5.41) is 7.23. The maximum Gasteiger partial charge on any atom is 0.137 e. The zero-order chi connectivity index (χ0) is 34.4. The molecule has 5 heteroatoms. The minimum atomic E-state index is 0.503. The van der Waals surface area contributed by atoms with Gasteiger partial charge in [0.1, 0.15) is 17.3 Å². The molecule has 0 N–H and O–H groups in total. The minimum absolute atomic E-state index is 0.503. The van der Waals surface area contributed by atoms with E-state index in [9.17, 15) is 0 Å². The summed E-state index contributed by atoms with van der Waals surface area (Å²) in [4.78, 5) is 4.84. The molecule has 0 aliphatic carbocycles. The summed E-state index contributed by atoms with van der Waals surface area (Å²) in [6.45, 7) is 17.8. The Labute approximate surface area is 290 Å². The molecule has 0 aliphatic rings. The molecule has 0 atom stereocenters. The second-order valence-corrected chi connectivity index (χ2v) is 14.5. The molecule has 0 spiro atoms. The van der Waals surface area contributed by atoms with E-state index in [-0.39, 0.29) is 0 Å². The van der Waals surface area contributed by atoms with E-state index in [0.29, 0.717) is 11.8 Å². The van der Waals surface area contributed by atoms with Crippen LogP contribution in [0, 0.1) is 39.5 Å². The summed E-state index contributed by atoms with van der Waals surface area (Å²) in [6, 6.07) is 28.1. The Morgan fingerprint density at radius 2 is 1.39 bits per heavy atom. The van der Waals surface area contributed by atoms with E-state index < -0.39 is 0 Å². The predicted molar refractivity (Wildman–Crippen MR) is 204 cm³/mol. The molecule has 3 aromatic heterocycles. The third kappa shape index (κ3) is 6.38. The lowest BCUT2D eigenvalue weighted by Gasteiger charge is -2.14. The van der Waals surface area contributed by atoms with Crippen molar-refractivity contribution < 1.29 is 4.74 Å². The Hall–Kier alpha value is -5.16. The van der Waals surface area contributed by atoms with Crippen molar-refractivity contribution in [1.82, 2.24) is 19.3 Å². The molecule has 3 heterocycles. The maximum atomic E-state index is 6.72. The molecule has 0 radical (unpaired) electrons. The van der Waals surface area contributed by atoms with Crippen molar-refractivity contribution in [3.63, 3.8) is 0 Å². The molecule has 248 valence electrons. The first-order chi connectivity index (χ1) is 23.5. The molecule has 7 rings (SSSR count). The average Bonchev–Trinajstić information content (AvgIpc) is 3.66. The highest BCUT2D eigenvalue weighted by Gasteiger charge is 2.17. The van der Waals surface area contributed by atoms with Crippen LogP contribution in [0.15, 0.2) is 97.5 Å². The number of nitrogens with zero attached hydrogens (tertiary/aromatic N) is 4. The number of hydrogen-bond acceptors (Lipinski definition) is 3. The van der Waals surface area contributed by atoms with Crippen LogP contribution >= 0.6 is 0 Å². The van der Waals surface area contributed by atoms with E-state index in [0.717, 1.165) is 52.4 Å². The monoisotopic (exact) mass is 646 g/mol. The van der Waals surface area contributed by atoms with E-state index >= 15 is 0 Å². The molecule has 4 aromatic carbocycles. The number of aryl methyl sites for hydroxylation is 2. The fraction of sp³-hybridized carbons (Fsp3) is 0.273. The second kappa shape index (κ2) is 13.0. The van der Waals surface area contributed by atoms with Crippen molar-refractivity contribution in [2.75, 3.05) is 0 Å². The SMILES string of the molecule is Cc1cc(C)c(C)c(-c2cnn(-c3cc(CC(C)C)cc(Oc4ccc5c6ccccc6n(-c6cc(CC(C)C)ccn6)c5c4)c3)c2)c1C. The standard InChI is InChI=1S/C44H46N4O/c1-27(2)17-33-15-16-45-43(22-33)48-41-12-10-9-11-39(41)40-14-13-37(24-42(40)48)49-38-21-34(18-28(3)4)20-36(23-38)47-26-35(25-46-47)44-31(7)29(5)19-30(6)32(44)8/h9-16,19-28H,17-18H2,1-8H3. The average molecular weight is 647 g/mol. The molecular formula is C44H46N4O. The fourth-order valence-corrected chi connectivity index (χ4v) is 7.24. The lowest BCUT2D eigenvalue weighted by atomic mass is 9.91. The van der Waals surface area contributed by atoms with Gasteiger partial charge in [-0.1, -0.05) is 52.0 Å². The third-order valence-corrected chi connectivity index (χ3v) is 9.66. The predicted octanol–water partition coefficient (Wildman–Crippen LogP) is 11.5. The molecular weight excluding hydrogens is 601 g/mol. The Kier molecular flexibility index (Phi) is 8.62. The number of benzene rings is 4. The highest BCUT2D eigenvalue weighted by atomic mass is 16.5. The van der Waals surface area contributed by atoms with E-state index in [1.807, 2.05) is 17.1 Å². The van der Waals surface area contributed by atoms with Gasteiger partial charge in [0, 0.05) is 40.9 Å². The molecule has 7 aromatic rings.